The van der Waals surface area contributed by atoms with E-state index in [1.165, 1.54) is 12.1 Å². The molecule has 16 heteroatoms. The van der Waals surface area contributed by atoms with E-state index in [1.807, 2.05) is 72.8 Å². The van der Waals surface area contributed by atoms with Crippen LogP contribution < -0.4 is 0 Å². The highest BCUT2D eigenvalue weighted by Crippen LogP contribution is 2.35. The minimum atomic E-state index is -4.98. The van der Waals surface area contributed by atoms with Crippen LogP contribution in [-0.4, -0.2) is 72.6 Å². The molecule has 0 spiro atoms. The summed E-state index contributed by atoms with van der Waals surface area (Å²) < 4.78 is 69.4. The van der Waals surface area contributed by atoms with Crippen LogP contribution in [0.25, 0.3) is 10.8 Å². The molecule has 0 aliphatic carbocycles. The number of fused-ring (bicyclic) bond motifs is 17. The van der Waals surface area contributed by atoms with Crippen LogP contribution in [-0.2, 0) is 20.2 Å². The third-order valence-corrected chi connectivity index (χ3v) is 10.7. The van der Waals surface area contributed by atoms with E-state index in [1.54, 1.807) is 0 Å². The second-order valence-corrected chi connectivity index (χ2v) is 14.9. The number of aliphatic imine (C=N–C) groups is 8. The second-order valence-electron chi connectivity index (χ2n) is 12.1. The highest BCUT2D eigenvalue weighted by atomic mass is 32.2. The lowest BCUT2D eigenvalue weighted by molar-refractivity contribution is 0.482. The molecule has 14 nitrogen and oxygen atoms in total. The van der Waals surface area contributed by atoms with Crippen molar-refractivity contribution in [2.45, 2.75) is 9.79 Å². The van der Waals surface area contributed by atoms with Crippen molar-refractivity contribution in [1.82, 2.24) is 0 Å². The van der Waals surface area contributed by atoms with Gasteiger partial charge in [0, 0.05) is 49.9 Å². The molecule has 5 aliphatic rings. The Kier molecular flexibility index (Phi) is 6.15. The van der Waals surface area contributed by atoms with Crippen molar-refractivity contribution in [1.29, 1.82) is 0 Å². The summed E-state index contributed by atoms with van der Waals surface area (Å²) in [4.78, 5) is 37.2. The molecular weight excluding hydrogens is 705 g/mol. The Bertz CT molecular complexity index is 3070. The van der Waals surface area contributed by atoms with Gasteiger partial charge in [-0.25, -0.2) is 39.9 Å². The zero-order valence-corrected chi connectivity index (χ0v) is 27.8. The molecule has 0 aromatic heterocycles. The van der Waals surface area contributed by atoms with Crippen molar-refractivity contribution >= 4 is 77.7 Å². The predicted octanol–water partition coefficient (Wildman–Crippen LogP) is 4.47. The Labute approximate surface area is 294 Å². The molecule has 5 aliphatic heterocycles. The van der Waals surface area contributed by atoms with Crippen LogP contribution in [0.1, 0.15) is 44.5 Å². The maximum atomic E-state index is 12.6. The topological polar surface area (TPSA) is 208 Å². The van der Waals surface area contributed by atoms with Crippen LogP contribution in [0.4, 0.5) is 0 Å². The van der Waals surface area contributed by atoms with Gasteiger partial charge in [0.05, 0.1) is 4.90 Å². The highest BCUT2D eigenvalue weighted by Gasteiger charge is 2.32. The fourth-order valence-electron chi connectivity index (χ4n) is 6.67. The number of hydrogen-bond acceptors (Lipinski definition) is 12. The summed E-state index contributed by atoms with van der Waals surface area (Å²) in [7, 11) is -9.85. The van der Waals surface area contributed by atoms with E-state index in [9.17, 15) is 25.9 Å². The maximum Gasteiger partial charge on any atom is 0.295 e. The molecule has 0 radical (unpaired) electrons. The van der Waals surface area contributed by atoms with Crippen molar-refractivity contribution in [2.24, 2.45) is 39.9 Å². The quantitative estimate of drug-likeness (QED) is 0.251. The van der Waals surface area contributed by atoms with Crippen LogP contribution in [0.15, 0.2) is 147 Å². The molecule has 5 aromatic carbocycles. The van der Waals surface area contributed by atoms with Crippen molar-refractivity contribution in [2.75, 3.05) is 0 Å². The Morgan fingerprint density at radius 1 is 0.365 bits per heavy atom. The Morgan fingerprint density at radius 2 is 0.673 bits per heavy atom. The number of benzene rings is 5. The Morgan fingerprint density at radius 3 is 0.981 bits per heavy atom. The zero-order chi connectivity index (χ0) is 35.5. The lowest BCUT2D eigenvalue weighted by atomic mass is 10.0. The molecule has 0 amide bonds. The standard InChI is InChI=1S/C36H18N8O6S2/c45-51(46,47)18-13-17-14-26-27(16-25(17)28(15-18)52(48,49)50)36-43-34-24-12-6-4-10-22(24)32(41-34)39-30-20-8-2-1-7-19(20)29(37-30)38-31-21-9-3-5-11-23(21)33(40-31)42-35(26)44-36/h1-16H,(H,45,46,47)(H,48,49,50). The van der Waals surface area contributed by atoms with E-state index >= 15 is 0 Å². The monoisotopic (exact) mass is 722 g/mol. The summed E-state index contributed by atoms with van der Waals surface area (Å²) in [6.45, 7) is 0. The molecule has 5 heterocycles. The van der Waals surface area contributed by atoms with Gasteiger partial charge in [-0.3, -0.25) is 9.11 Å². The van der Waals surface area contributed by atoms with Crippen LogP contribution in [0.2, 0.25) is 0 Å². The minimum absolute atomic E-state index is 0.0394. The first kappa shape index (κ1) is 30.4. The van der Waals surface area contributed by atoms with Gasteiger partial charge >= 0.3 is 0 Å². The molecule has 8 bridgehead atoms. The smallest absolute Gasteiger partial charge is 0.282 e. The van der Waals surface area contributed by atoms with Crippen LogP contribution in [0.5, 0.6) is 0 Å². The summed E-state index contributed by atoms with van der Waals surface area (Å²) in [6, 6.07) is 27.1. The van der Waals surface area contributed by atoms with E-state index in [0.717, 1.165) is 17.2 Å². The molecule has 10 rings (SSSR count). The van der Waals surface area contributed by atoms with Gasteiger partial charge in [-0.15, -0.1) is 0 Å². The summed E-state index contributed by atoms with van der Waals surface area (Å²) >= 11 is 0. The van der Waals surface area contributed by atoms with E-state index in [4.69, 9.17) is 39.9 Å². The minimum Gasteiger partial charge on any atom is -0.282 e. The van der Waals surface area contributed by atoms with Gasteiger partial charge < -0.3 is 0 Å². The summed E-state index contributed by atoms with van der Waals surface area (Å²) in [5, 5.41) is 0.0256. The lowest BCUT2D eigenvalue weighted by Crippen LogP contribution is -2.07. The van der Waals surface area contributed by atoms with Crippen molar-refractivity contribution < 1.29 is 25.9 Å². The number of hydrogen-bond donors (Lipinski definition) is 2. The molecule has 52 heavy (non-hydrogen) atoms. The fraction of sp³-hybridized carbons (Fsp3) is 0. The third-order valence-electron chi connectivity index (χ3n) is 9.00. The summed E-state index contributed by atoms with van der Waals surface area (Å²) in [6.07, 6.45) is 0. The third kappa shape index (κ3) is 4.62. The molecule has 0 saturated carbocycles. The number of amidine groups is 8. The van der Waals surface area contributed by atoms with E-state index in [2.05, 4.69) is 0 Å². The summed E-state index contributed by atoms with van der Waals surface area (Å²) in [5.74, 6) is 2.31. The average molecular weight is 723 g/mol. The normalized spacial score (nSPS) is 16.7. The van der Waals surface area contributed by atoms with E-state index in [-0.39, 0.29) is 34.1 Å². The molecule has 5 aromatic rings. The molecule has 0 unspecified atom stereocenters. The average Bonchev–Trinajstić information content (AvgIpc) is 3.85. The Hall–Kier alpha value is -6.46. The largest absolute Gasteiger partial charge is 0.295 e. The number of rotatable bonds is 2. The van der Waals surface area contributed by atoms with Gasteiger partial charge in [-0.05, 0) is 29.7 Å². The predicted molar refractivity (Wildman–Crippen MR) is 195 cm³/mol. The van der Waals surface area contributed by atoms with Gasteiger partial charge in [0.2, 0.25) is 0 Å². The van der Waals surface area contributed by atoms with E-state index < -0.39 is 30.0 Å². The first-order chi connectivity index (χ1) is 25.0. The molecular formula is C36H18N8O6S2. The molecule has 0 fully saturated rings. The van der Waals surface area contributed by atoms with Crippen molar-refractivity contribution in [3.8, 4) is 0 Å². The molecule has 0 saturated heterocycles. The van der Waals surface area contributed by atoms with Crippen molar-refractivity contribution in [3.63, 3.8) is 0 Å². The first-order valence-electron chi connectivity index (χ1n) is 15.6. The first-order valence-corrected chi connectivity index (χ1v) is 18.4. The second kappa shape index (κ2) is 10.5. The summed E-state index contributed by atoms with van der Waals surface area (Å²) in [5.41, 5.74) is 4.92. The fourth-order valence-corrected chi connectivity index (χ4v) is 8.02. The molecule has 250 valence electrons. The van der Waals surface area contributed by atoms with Gasteiger partial charge in [0.1, 0.15) is 4.90 Å². The number of nitrogens with zero attached hydrogens (tertiary/aromatic N) is 8. The van der Waals surface area contributed by atoms with Gasteiger partial charge in [-0.2, -0.15) is 16.8 Å². The SMILES string of the molecule is O=S(=O)(O)c1cc(S(=O)(=O)O)c2cc3c(cc2c1)C1=NC2=NC(=NC4=NC(=NC5=NC(=NC3=N1)c1ccccc15)c1ccccc14)c1ccccc12. The highest BCUT2D eigenvalue weighted by molar-refractivity contribution is 7.86. The van der Waals surface area contributed by atoms with Gasteiger partial charge in [0.25, 0.3) is 20.2 Å². The van der Waals surface area contributed by atoms with Gasteiger partial charge in [0.15, 0.2) is 46.7 Å². The molecule has 2 N–H and O–H groups in total. The maximum absolute atomic E-state index is 12.6. The Balaban J connectivity index is 1.29. The molecule has 0 atom stereocenters. The lowest BCUT2D eigenvalue weighted by Gasteiger charge is -2.10. The van der Waals surface area contributed by atoms with Gasteiger partial charge in [-0.1, -0.05) is 72.8 Å². The van der Waals surface area contributed by atoms with Crippen LogP contribution in [0, 0.1) is 0 Å². The van der Waals surface area contributed by atoms with E-state index in [0.29, 0.717) is 62.8 Å². The van der Waals surface area contributed by atoms with Crippen LogP contribution in [0.3, 0.4) is 0 Å². The van der Waals surface area contributed by atoms with Crippen LogP contribution >= 0.6 is 0 Å². The zero-order valence-electron chi connectivity index (χ0n) is 26.2. The van der Waals surface area contributed by atoms with Crippen molar-refractivity contribution in [3.05, 3.63) is 142 Å².